The van der Waals surface area contributed by atoms with Crippen LogP contribution in [0.4, 0.5) is 5.69 Å². The van der Waals surface area contributed by atoms with Gasteiger partial charge in [-0.1, -0.05) is 18.2 Å². The Morgan fingerprint density at radius 3 is 2.63 bits per heavy atom. The molecule has 1 aliphatic heterocycles. The molecule has 0 aromatic heterocycles. The number of anilines is 1. The minimum atomic E-state index is -3.68. The molecule has 0 fully saturated rings. The van der Waals surface area contributed by atoms with Crippen LogP contribution in [0.3, 0.4) is 0 Å². The van der Waals surface area contributed by atoms with Gasteiger partial charge in [-0.3, -0.25) is 9.10 Å². The van der Waals surface area contributed by atoms with E-state index in [4.69, 9.17) is 14.2 Å². The average Bonchev–Trinajstić information content (AvgIpc) is 2.69. The number of nitrogens with one attached hydrogen (secondary N) is 1. The van der Waals surface area contributed by atoms with Gasteiger partial charge in [0.15, 0.2) is 11.5 Å². The lowest BCUT2D eigenvalue weighted by Gasteiger charge is -2.27. The highest BCUT2D eigenvalue weighted by Crippen LogP contribution is 2.30. The summed E-state index contributed by atoms with van der Waals surface area (Å²) in [5, 5.41) is 2.72. The maximum absolute atomic E-state index is 12.5. The van der Waals surface area contributed by atoms with Crippen LogP contribution in [0.1, 0.15) is 13.8 Å². The molecule has 1 N–H and O–H groups in total. The molecule has 2 aromatic carbocycles. The highest BCUT2D eigenvalue weighted by atomic mass is 32.2. The molecular weight excluding hydrogens is 408 g/mol. The molecule has 0 aliphatic carbocycles. The molecule has 1 aliphatic rings. The summed E-state index contributed by atoms with van der Waals surface area (Å²) in [6.07, 6.45) is 0.641. The van der Waals surface area contributed by atoms with Crippen molar-refractivity contribution in [1.29, 1.82) is 0 Å². The molecule has 1 heterocycles. The van der Waals surface area contributed by atoms with Crippen molar-refractivity contribution in [2.24, 2.45) is 0 Å². The summed E-state index contributed by atoms with van der Waals surface area (Å²) < 4.78 is 42.7. The van der Waals surface area contributed by atoms with Crippen LogP contribution >= 0.6 is 0 Å². The predicted octanol–water partition coefficient (Wildman–Crippen LogP) is 2.20. The lowest BCUT2D eigenvalue weighted by molar-refractivity contribution is -0.120. The molecule has 8 nitrogen and oxygen atoms in total. The fourth-order valence-corrected chi connectivity index (χ4v) is 3.81. The summed E-state index contributed by atoms with van der Waals surface area (Å²) in [6, 6.07) is 13.9. The van der Waals surface area contributed by atoms with Crippen molar-refractivity contribution in [3.05, 3.63) is 48.5 Å². The SMILES string of the molecule is CC(C)Oc1cccc(N(CC(=O)NC[C@H]2COc3ccccc3O2)S(C)(=O)=O)c1. The Balaban J connectivity index is 1.63. The van der Waals surface area contributed by atoms with E-state index in [1.165, 1.54) is 0 Å². The van der Waals surface area contributed by atoms with Crippen LogP contribution in [0.5, 0.6) is 17.2 Å². The first-order valence-electron chi connectivity index (χ1n) is 9.62. The number of carbonyl (C=O) groups excluding carboxylic acids is 1. The van der Waals surface area contributed by atoms with Gasteiger partial charge in [0.25, 0.3) is 0 Å². The molecule has 0 saturated heterocycles. The monoisotopic (exact) mass is 434 g/mol. The minimum Gasteiger partial charge on any atom is -0.491 e. The zero-order chi connectivity index (χ0) is 21.7. The van der Waals surface area contributed by atoms with Crippen molar-refractivity contribution < 1.29 is 27.4 Å². The summed E-state index contributed by atoms with van der Waals surface area (Å²) in [4.78, 5) is 12.5. The molecule has 162 valence electrons. The first-order chi connectivity index (χ1) is 14.2. The third-order valence-corrected chi connectivity index (χ3v) is 5.40. The fraction of sp³-hybridized carbons (Fsp3) is 0.381. The van der Waals surface area contributed by atoms with Crippen LogP contribution in [0.15, 0.2) is 48.5 Å². The van der Waals surface area contributed by atoms with Crippen LogP contribution in [0, 0.1) is 0 Å². The third kappa shape index (κ3) is 5.79. The zero-order valence-electron chi connectivity index (χ0n) is 17.2. The number of hydrogen-bond acceptors (Lipinski definition) is 6. The van der Waals surface area contributed by atoms with Gasteiger partial charge in [-0.05, 0) is 38.1 Å². The van der Waals surface area contributed by atoms with E-state index in [-0.39, 0.29) is 25.3 Å². The van der Waals surface area contributed by atoms with Gasteiger partial charge in [-0.2, -0.15) is 0 Å². The van der Waals surface area contributed by atoms with Gasteiger partial charge in [0.1, 0.15) is 25.0 Å². The lowest BCUT2D eigenvalue weighted by atomic mass is 10.2. The zero-order valence-corrected chi connectivity index (χ0v) is 18.0. The van der Waals surface area contributed by atoms with E-state index in [2.05, 4.69) is 5.32 Å². The normalized spacial score (nSPS) is 15.5. The van der Waals surface area contributed by atoms with Gasteiger partial charge in [0.2, 0.25) is 15.9 Å². The quantitative estimate of drug-likeness (QED) is 0.685. The molecule has 0 radical (unpaired) electrons. The number of amides is 1. The number of nitrogens with zero attached hydrogens (tertiary/aromatic N) is 1. The smallest absolute Gasteiger partial charge is 0.240 e. The second-order valence-corrected chi connectivity index (χ2v) is 9.14. The van der Waals surface area contributed by atoms with Gasteiger partial charge in [0, 0.05) is 6.07 Å². The molecular formula is C21H26N2O6S. The molecule has 3 rings (SSSR count). The second-order valence-electron chi connectivity index (χ2n) is 7.24. The number of ether oxygens (including phenoxy) is 3. The maximum Gasteiger partial charge on any atom is 0.240 e. The van der Waals surface area contributed by atoms with Gasteiger partial charge >= 0.3 is 0 Å². The number of para-hydroxylation sites is 2. The summed E-state index contributed by atoms with van der Waals surface area (Å²) in [6.45, 7) is 3.89. The molecule has 2 aromatic rings. The number of benzene rings is 2. The molecule has 30 heavy (non-hydrogen) atoms. The number of carbonyl (C=O) groups is 1. The summed E-state index contributed by atoms with van der Waals surface area (Å²) in [5.41, 5.74) is 0.358. The standard InChI is InChI=1S/C21H26N2O6S/c1-15(2)28-17-8-6-7-16(11-17)23(30(3,25)26)13-21(24)22-12-18-14-27-19-9-4-5-10-20(19)29-18/h4-11,15,18H,12-14H2,1-3H3,(H,22,24)/t18-/m0/s1. The van der Waals surface area contributed by atoms with Crippen LogP contribution in [0.2, 0.25) is 0 Å². The Hall–Kier alpha value is -2.94. The lowest BCUT2D eigenvalue weighted by Crippen LogP contribution is -2.45. The molecule has 0 saturated carbocycles. The molecule has 1 amide bonds. The maximum atomic E-state index is 12.5. The summed E-state index contributed by atoms with van der Waals surface area (Å²) >= 11 is 0. The van der Waals surface area contributed by atoms with E-state index >= 15 is 0 Å². The summed E-state index contributed by atoms with van der Waals surface area (Å²) in [5.74, 6) is 1.36. The van der Waals surface area contributed by atoms with E-state index < -0.39 is 15.9 Å². The van der Waals surface area contributed by atoms with Crippen LogP contribution in [-0.4, -0.2) is 52.5 Å². The first-order valence-corrected chi connectivity index (χ1v) is 11.5. The fourth-order valence-electron chi connectivity index (χ4n) is 2.96. The number of fused-ring (bicyclic) bond motifs is 1. The third-order valence-electron chi connectivity index (χ3n) is 4.26. The predicted molar refractivity (Wildman–Crippen MR) is 114 cm³/mol. The number of sulfonamides is 1. The highest BCUT2D eigenvalue weighted by molar-refractivity contribution is 7.92. The van der Waals surface area contributed by atoms with Gasteiger partial charge in [-0.25, -0.2) is 8.42 Å². The van der Waals surface area contributed by atoms with E-state index in [1.807, 2.05) is 32.0 Å². The Morgan fingerprint density at radius 2 is 1.93 bits per heavy atom. The van der Waals surface area contributed by atoms with Crippen molar-refractivity contribution in [3.8, 4) is 17.2 Å². The van der Waals surface area contributed by atoms with Crippen LogP contribution in [0.25, 0.3) is 0 Å². The minimum absolute atomic E-state index is 0.0573. The van der Waals surface area contributed by atoms with Gasteiger partial charge < -0.3 is 19.5 Å². The Bertz CT molecular complexity index is 992. The summed E-state index contributed by atoms with van der Waals surface area (Å²) in [7, 11) is -3.68. The van der Waals surface area contributed by atoms with Crippen molar-refractivity contribution in [1.82, 2.24) is 5.32 Å². The molecule has 1 atom stereocenters. The number of hydrogen-bond donors (Lipinski definition) is 1. The van der Waals surface area contributed by atoms with Crippen molar-refractivity contribution >= 4 is 21.6 Å². The van der Waals surface area contributed by atoms with Crippen molar-refractivity contribution in [2.45, 2.75) is 26.1 Å². The van der Waals surface area contributed by atoms with Gasteiger partial charge in [-0.15, -0.1) is 0 Å². The molecule has 9 heteroatoms. The van der Waals surface area contributed by atoms with Crippen LogP contribution in [-0.2, 0) is 14.8 Å². The first kappa shape index (κ1) is 21.8. The molecule has 0 unspecified atom stereocenters. The van der Waals surface area contributed by atoms with E-state index in [9.17, 15) is 13.2 Å². The van der Waals surface area contributed by atoms with Crippen LogP contribution < -0.4 is 23.8 Å². The highest BCUT2D eigenvalue weighted by Gasteiger charge is 2.24. The van der Waals surface area contributed by atoms with E-state index in [1.54, 1.807) is 30.3 Å². The van der Waals surface area contributed by atoms with Crippen molar-refractivity contribution in [3.63, 3.8) is 0 Å². The molecule has 0 spiro atoms. The molecule has 0 bridgehead atoms. The van der Waals surface area contributed by atoms with E-state index in [0.29, 0.717) is 29.5 Å². The average molecular weight is 435 g/mol. The Morgan fingerprint density at radius 1 is 1.20 bits per heavy atom. The number of rotatable bonds is 8. The van der Waals surface area contributed by atoms with Gasteiger partial charge in [0.05, 0.1) is 24.6 Å². The largest absolute Gasteiger partial charge is 0.491 e. The topological polar surface area (TPSA) is 94.2 Å². The second kappa shape index (κ2) is 9.25. The Labute approximate surface area is 176 Å². The van der Waals surface area contributed by atoms with E-state index in [0.717, 1.165) is 10.6 Å². The van der Waals surface area contributed by atoms with Crippen molar-refractivity contribution in [2.75, 3.05) is 30.3 Å². The Kier molecular flexibility index (Phi) is 6.71.